The van der Waals surface area contributed by atoms with E-state index >= 15 is 0 Å². The third-order valence-corrected chi connectivity index (χ3v) is 3.94. The number of carbonyl (C=O) groups excluding carboxylic acids is 1. The van der Waals surface area contributed by atoms with E-state index in [1.54, 1.807) is 18.2 Å². The number of carbonyl (C=O) groups is 1. The van der Waals surface area contributed by atoms with Crippen molar-refractivity contribution in [2.75, 3.05) is 12.4 Å². The van der Waals surface area contributed by atoms with Gasteiger partial charge in [0, 0.05) is 9.50 Å². The monoisotopic (exact) mass is 407 g/mol. The fraction of sp³-hybridized carbons (Fsp3) is 0.0714. The van der Waals surface area contributed by atoms with Crippen LogP contribution in [-0.4, -0.2) is 13.0 Å². The van der Waals surface area contributed by atoms with Crippen LogP contribution in [0.15, 0.2) is 34.8 Å². The molecule has 0 spiro atoms. The molecule has 0 radical (unpaired) electrons. The minimum absolute atomic E-state index is 0.231. The Morgan fingerprint density at radius 2 is 1.86 bits per heavy atom. The van der Waals surface area contributed by atoms with Gasteiger partial charge in [0.1, 0.15) is 5.75 Å². The van der Waals surface area contributed by atoms with Crippen LogP contribution in [0.3, 0.4) is 0 Å². The Morgan fingerprint density at radius 3 is 2.48 bits per heavy atom. The largest absolute Gasteiger partial charge is 0.494 e. The molecule has 1 N–H and O–H groups in total. The van der Waals surface area contributed by atoms with Crippen LogP contribution in [0.5, 0.6) is 5.75 Å². The summed E-state index contributed by atoms with van der Waals surface area (Å²) in [5.41, 5.74) is 0.706. The van der Waals surface area contributed by atoms with Crippen molar-refractivity contribution in [2.45, 2.75) is 0 Å². The normalized spacial score (nSPS) is 10.3. The Hall–Kier alpha value is -0.940. The number of amides is 1. The molecule has 2 rings (SSSR count). The molecule has 0 heterocycles. The van der Waals surface area contributed by atoms with Gasteiger partial charge in [-0.15, -0.1) is 0 Å². The van der Waals surface area contributed by atoms with E-state index in [0.29, 0.717) is 15.7 Å². The number of halogens is 4. The summed E-state index contributed by atoms with van der Waals surface area (Å²) in [6.07, 6.45) is 0. The number of methoxy groups -OCH3 is 1. The summed E-state index contributed by atoms with van der Waals surface area (Å²) in [5, 5.41) is 3.70. The number of benzene rings is 2. The predicted octanol–water partition coefficient (Wildman–Crippen LogP) is 5.67. The Labute approximate surface area is 145 Å². The van der Waals surface area contributed by atoms with Gasteiger partial charge in [-0.1, -0.05) is 50.7 Å². The highest BCUT2D eigenvalue weighted by Gasteiger charge is 2.17. The van der Waals surface area contributed by atoms with Crippen LogP contribution in [0.2, 0.25) is 15.1 Å². The molecule has 0 aliphatic carbocycles. The smallest absolute Gasteiger partial charge is 0.259 e. The number of hydrogen-bond donors (Lipinski definition) is 1. The minimum Gasteiger partial charge on any atom is -0.494 e. The highest BCUT2D eigenvalue weighted by Crippen LogP contribution is 2.33. The number of rotatable bonds is 3. The summed E-state index contributed by atoms with van der Waals surface area (Å²) in [7, 11) is 1.43. The van der Waals surface area contributed by atoms with Gasteiger partial charge in [0.25, 0.3) is 5.91 Å². The lowest BCUT2D eigenvalue weighted by Gasteiger charge is -2.12. The van der Waals surface area contributed by atoms with Crippen molar-refractivity contribution in [1.29, 1.82) is 0 Å². The van der Waals surface area contributed by atoms with E-state index in [2.05, 4.69) is 21.2 Å². The Morgan fingerprint density at radius 1 is 1.14 bits per heavy atom. The Bertz CT molecular complexity index is 707. The average Bonchev–Trinajstić information content (AvgIpc) is 2.41. The predicted molar refractivity (Wildman–Crippen MR) is 90.1 cm³/mol. The molecule has 0 fully saturated rings. The maximum absolute atomic E-state index is 12.4. The fourth-order valence-electron chi connectivity index (χ4n) is 1.72. The molecule has 0 bridgehead atoms. The molecule has 0 aromatic heterocycles. The van der Waals surface area contributed by atoms with Gasteiger partial charge in [0.05, 0.1) is 28.4 Å². The summed E-state index contributed by atoms with van der Waals surface area (Å²) in [6.45, 7) is 0. The molecule has 0 unspecified atom stereocenters. The number of ether oxygens (including phenoxy) is 1. The molecule has 21 heavy (non-hydrogen) atoms. The lowest BCUT2D eigenvalue weighted by Crippen LogP contribution is -2.13. The zero-order valence-corrected chi connectivity index (χ0v) is 14.6. The standard InChI is InChI=1S/C14H9BrCl3NO2/c1-21-13-9(5-8(16)6-11(13)18)14(20)19-12-3-2-7(15)4-10(12)17/h2-6H,1H3,(H,19,20). The molecule has 0 aliphatic rings. The van der Waals surface area contributed by atoms with Crippen LogP contribution < -0.4 is 10.1 Å². The third kappa shape index (κ3) is 3.83. The topological polar surface area (TPSA) is 38.3 Å². The van der Waals surface area contributed by atoms with E-state index in [1.807, 2.05) is 0 Å². The highest BCUT2D eigenvalue weighted by molar-refractivity contribution is 9.10. The lowest BCUT2D eigenvalue weighted by molar-refractivity contribution is 0.102. The molecule has 110 valence electrons. The SMILES string of the molecule is COc1c(Cl)cc(Cl)cc1C(=O)Nc1ccc(Br)cc1Cl. The molecule has 0 saturated heterocycles. The molecule has 1 amide bonds. The molecular formula is C14H9BrCl3NO2. The summed E-state index contributed by atoms with van der Waals surface area (Å²) < 4.78 is 5.96. The summed E-state index contributed by atoms with van der Waals surface area (Å²) >= 11 is 21.3. The Kier molecular flexibility index (Phi) is 5.38. The van der Waals surface area contributed by atoms with E-state index in [0.717, 1.165) is 4.47 Å². The van der Waals surface area contributed by atoms with E-state index < -0.39 is 5.91 Å². The van der Waals surface area contributed by atoms with Crippen molar-refractivity contribution >= 4 is 62.3 Å². The first-order valence-electron chi connectivity index (χ1n) is 5.72. The van der Waals surface area contributed by atoms with Crippen molar-refractivity contribution in [3.63, 3.8) is 0 Å². The summed E-state index contributed by atoms with van der Waals surface area (Å²) in [6, 6.07) is 8.12. The van der Waals surface area contributed by atoms with Gasteiger partial charge in [-0.05, 0) is 30.3 Å². The molecule has 0 aliphatic heterocycles. The van der Waals surface area contributed by atoms with Gasteiger partial charge in [-0.25, -0.2) is 0 Å². The fourth-order valence-corrected chi connectivity index (χ4v) is 3.01. The van der Waals surface area contributed by atoms with E-state index in [4.69, 9.17) is 39.5 Å². The minimum atomic E-state index is -0.416. The molecule has 2 aromatic carbocycles. The van der Waals surface area contributed by atoms with Crippen molar-refractivity contribution in [1.82, 2.24) is 0 Å². The second-order valence-electron chi connectivity index (χ2n) is 4.05. The molecule has 0 saturated carbocycles. The van der Waals surface area contributed by atoms with Crippen molar-refractivity contribution in [3.8, 4) is 5.75 Å². The number of anilines is 1. The number of nitrogens with one attached hydrogen (secondary N) is 1. The van der Waals surface area contributed by atoms with E-state index in [-0.39, 0.29) is 16.3 Å². The van der Waals surface area contributed by atoms with Crippen LogP contribution in [0.25, 0.3) is 0 Å². The van der Waals surface area contributed by atoms with Crippen LogP contribution in [0, 0.1) is 0 Å². The second kappa shape index (κ2) is 6.88. The maximum Gasteiger partial charge on any atom is 0.259 e. The molecular weight excluding hydrogens is 400 g/mol. The van der Waals surface area contributed by atoms with Gasteiger partial charge in [0.15, 0.2) is 0 Å². The van der Waals surface area contributed by atoms with Crippen molar-refractivity contribution in [3.05, 3.63) is 55.4 Å². The van der Waals surface area contributed by atoms with Crippen LogP contribution >= 0.6 is 50.7 Å². The number of hydrogen-bond acceptors (Lipinski definition) is 2. The van der Waals surface area contributed by atoms with Crippen LogP contribution in [0.4, 0.5) is 5.69 Å². The highest BCUT2D eigenvalue weighted by atomic mass is 79.9. The maximum atomic E-state index is 12.4. The lowest BCUT2D eigenvalue weighted by atomic mass is 10.1. The molecule has 2 aromatic rings. The van der Waals surface area contributed by atoms with Crippen molar-refractivity contribution < 1.29 is 9.53 Å². The van der Waals surface area contributed by atoms with E-state index in [1.165, 1.54) is 19.2 Å². The average molecular weight is 409 g/mol. The van der Waals surface area contributed by atoms with Gasteiger partial charge >= 0.3 is 0 Å². The van der Waals surface area contributed by atoms with Gasteiger partial charge in [-0.2, -0.15) is 0 Å². The van der Waals surface area contributed by atoms with E-state index in [9.17, 15) is 4.79 Å². The first-order chi connectivity index (χ1) is 9.92. The molecule has 7 heteroatoms. The summed E-state index contributed by atoms with van der Waals surface area (Å²) in [4.78, 5) is 12.4. The van der Waals surface area contributed by atoms with Crippen LogP contribution in [0.1, 0.15) is 10.4 Å². The van der Waals surface area contributed by atoms with Gasteiger partial charge in [-0.3, -0.25) is 4.79 Å². The van der Waals surface area contributed by atoms with Gasteiger partial charge in [0.2, 0.25) is 0 Å². The van der Waals surface area contributed by atoms with Crippen molar-refractivity contribution in [2.24, 2.45) is 0 Å². The Balaban J connectivity index is 2.36. The zero-order valence-electron chi connectivity index (χ0n) is 10.7. The van der Waals surface area contributed by atoms with Gasteiger partial charge < -0.3 is 10.1 Å². The van der Waals surface area contributed by atoms with Crippen LogP contribution in [-0.2, 0) is 0 Å². The second-order valence-corrected chi connectivity index (χ2v) is 6.21. The zero-order chi connectivity index (χ0) is 15.6. The first kappa shape index (κ1) is 16.4. The first-order valence-corrected chi connectivity index (χ1v) is 7.64. The molecule has 0 atom stereocenters. The quantitative estimate of drug-likeness (QED) is 0.709. The molecule has 3 nitrogen and oxygen atoms in total. The summed E-state index contributed by atoms with van der Waals surface area (Å²) in [5.74, 6) is -0.160. The third-order valence-electron chi connectivity index (χ3n) is 2.64.